The molecule has 0 aliphatic carbocycles. The molecule has 1 nitrogen and oxygen atoms in total. The second-order valence-electron chi connectivity index (χ2n) is 6.26. The maximum Gasteiger partial charge on any atom is 0.0125 e. The maximum atomic E-state index is 2.65. The molecule has 1 rings (SSSR count). The first-order chi connectivity index (χ1) is 6.93. The molecule has 1 aliphatic heterocycles. The van der Waals surface area contributed by atoms with Gasteiger partial charge in [-0.3, -0.25) is 4.90 Å². The first-order valence-electron chi connectivity index (χ1n) is 6.68. The normalized spacial score (nSPS) is 23.0. The summed E-state index contributed by atoms with van der Waals surface area (Å²) >= 11 is 0. The Balaban J connectivity index is 2.53. The molecule has 0 spiro atoms. The Labute approximate surface area is 96.2 Å². The summed E-state index contributed by atoms with van der Waals surface area (Å²) in [6.45, 7) is 14.3. The van der Waals surface area contributed by atoms with E-state index in [1.807, 2.05) is 0 Å². The maximum absolute atomic E-state index is 2.65. The number of hydrogen-bond donors (Lipinski definition) is 0. The van der Waals surface area contributed by atoms with Crippen molar-refractivity contribution in [2.45, 2.75) is 72.3 Å². The summed E-state index contributed by atoms with van der Waals surface area (Å²) in [5.41, 5.74) is 1.04. The van der Waals surface area contributed by atoms with Gasteiger partial charge < -0.3 is 0 Å². The van der Waals surface area contributed by atoms with Crippen LogP contribution in [0.25, 0.3) is 0 Å². The summed E-state index contributed by atoms with van der Waals surface area (Å²) in [7, 11) is 0. The minimum atomic E-state index is 0.367. The molecule has 0 aromatic carbocycles. The lowest BCUT2D eigenvalue weighted by atomic mass is 9.72. The van der Waals surface area contributed by atoms with Gasteiger partial charge in [-0.25, -0.2) is 0 Å². The Morgan fingerprint density at radius 2 is 1.60 bits per heavy atom. The lowest BCUT2D eigenvalue weighted by Gasteiger charge is -2.46. The molecule has 90 valence electrons. The molecular weight excluding hydrogens is 182 g/mol. The fourth-order valence-corrected chi connectivity index (χ4v) is 2.96. The zero-order valence-electron chi connectivity index (χ0n) is 11.4. The third-order valence-corrected chi connectivity index (χ3v) is 4.30. The van der Waals surface area contributed by atoms with Gasteiger partial charge in [0.15, 0.2) is 0 Å². The van der Waals surface area contributed by atoms with Crippen LogP contribution in [0.5, 0.6) is 0 Å². The van der Waals surface area contributed by atoms with Crippen LogP contribution in [0, 0.1) is 5.41 Å². The number of hydrogen-bond acceptors (Lipinski definition) is 1. The standard InChI is InChI=1S/C14H29N/c1-6-8-14(7-2)9-11-15(12-10-14)13(3,4)5/h6-12H2,1-5H3. The number of nitrogens with zero attached hydrogens (tertiary/aromatic N) is 1. The van der Waals surface area contributed by atoms with Gasteiger partial charge in [0.1, 0.15) is 0 Å². The van der Waals surface area contributed by atoms with E-state index in [0.29, 0.717) is 11.0 Å². The molecule has 1 saturated heterocycles. The van der Waals surface area contributed by atoms with Crippen LogP contribution in [-0.2, 0) is 0 Å². The number of likely N-dealkylation sites (tertiary alicyclic amines) is 1. The van der Waals surface area contributed by atoms with E-state index in [0.717, 1.165) is 0 Å². The van der Waals surface area contributed by atoms with Crippen LogP contribution < -0.4 is 0 Å². The van der Waals surface area contributed by atoms with Gasteiger partial charge in [-0.15, -0.1) is 0 Å². The molecular formula is C14H29N. The zero-order chi connectivity index (χ0) is 11.5. The molecule has 0 unspecified atom stereocenters. The highest BCUT2D eigenvalue weighted by molar-refractivity contribution is 4.88. The Morgan fingerprint density at radius 1 is 1.07 bits per heavy atom. The van der Waals surface area contributed by atoms with Crippen molar-refractivity contribution in [1.29, 1.82) is 0 Å². The van der Waals surface area contributed by atoms with Crippen LogP contribution in [0.4, 0.5) is 0 Å². The fraction of sp³-hybridized carbons (Fsp3) is 1.00. The monoisotopic (exact) mass is 211 g/mol. The van der Waals surface area contributed by atoms with E-state index >= 15 is 0 Å². The van der Waals surface area contributed by atoms with Crippen molar-refractivity contribution in [3.8, 4) is 0 Å². The van der Waals surface area contributed by atoms with Gasteiger partial charge in [0.2, 0.25) is 0 Å². The SMILES string of the molecule is CCCC1(CC)CCN(C(C)(C)C)CC1. The molecule has 1 aliphatic rings. The molecule has 15 heavy (non-hydrogen) atoms. The van der Waals surface area contributed by atoms with Crippen LogP contribution >= 0.6 is 0 Å². The van der Waals surface area contributed by atoms with Crippen molar-refractivity contribution in [3.05, 3.63) is 0 Å². The molecule has 1 heteroatoms. The highest BCUT2D eigenvalue weighted by atomic mass is 15.2. The van der Waals surface area contributed by atoms with Gasteiger partial charge in [0, 0.05) is 5.54 Å². The van der Waals surface area contributed by atoms with Gasteiger partial charge in [0.25, 0.3) is 0 Å². The molecule has 0 atom stereocenters. The zero-order valence-corrected chi connectivity index (χ0v) is 11.4. The van der Waals surface area contributed by atoms with Crippen molar-refractivity contribution in [1.82, 2.24) is 4.90 Å². The summed E-state index contributed by atoms with van der Waals surface area (Å²) < 4.78 is 0. The van der Waals surface area contributed by atoms with E-state index in [4.69, 9.17) is 0 Å². The van der Waals surface area contributed by atoms with E-state index in [-0.39, 0.29) is 0 Å². The third kappa shape index (κ3) is 3.21. The fourth-order valence-electron chi connectivity index (χ4n) is 2.96. The smallest absolute Gasteiger partial charge is 0.0125 e. The van der Waals surface area contributed by atoms with E-state index in [2.05, 4.69) is 39.5 Å². The van der Waals surface area contributed by atoms with Crippen molar-refractivity contribution >= 4 is 0 Å². The second kappa shape index (κ2) is 4.86. The molecule has 0 aromatic heterocycles. The van der Waals surface area contributed by atoms with Crippen LogP contribution in [0.2, 0.25) is 0 Å². The van der Waals surface area contributed by atoms with E-state index < -0.39 is 0 Å². The van der Waals surface area contributed by atoms with Crippen LogP contribution in [0.1, 0.15) is 66.7 Å². The van der Waals surface area contributed by atoms with Crippen LogP contribution in [0.3, 0.4) is 0 Å². The van der Waals surface area contributed by atoms with Gasteiger partial charge in [-0.1, -0.05) is 26.7 Å². The van der Waals surface area contributed by atoms with Crippen LogP contribution in [-0.4, -0.2) is 23.5 Å². The van der Waals surface area contributed by atoms with Gasteiger partial charge in [-0.05, 0) is 58.5 Å². The van der Waals surface area contributed by atoms with Crippen LogP contribution in [0.15, 0.2) is 0 Å². The predicted molar refractivity (Wildman–Crippen MR) is 68.2 cm³/mol. The van der Waals surface area contributed by atoms with E-state index in [1.165, 1.54) is 45.2 Å². The number of piperidine rings is 1. The average Bonchev–Trinajstić information content (AvgIpc) is 2.17. The number of rotatable bonds is 3. The molecule has 0 N–H and O–H groups in total. The highest BCUT2D eigenvalue weighted by Gasteiger charge is 2.35. The summed E-state index contributed by atoms with van der Waals surface area (Å²) in [5, 5.41) is 0. The first kappa shape index (κ1) is 13.0. The Kier molecular flexibility index (Phi) is 4.22. The predicted octanol–water partition coefficient (Wildman–Crippen LogP) is 4.08. The minimum absolute atomic E-state index is 0.367. The molecule has 0 bridgehead atoms. The molecule has 0 saturated carbocycles. The summed E-state index contributed by atoms with van der Waals surface area (Å²) in [6.07, 6.45) is 6.98. The van der Waals surface area contributed by atoms with Crippen molar-refractivity contribution < 1.29 is 0 Å². The Bertz CT molecular complexity index is 182. The lowest BCUT2D eigenvalue weighted by Crippen LogP contribution is -2.48. The minimum Gasteiger partial charge on any atom is -0.298 e. The molecule has 0 aromatic rings. The Hall–Kier alpha value is -0.0400. The van der Waals surface area contributed by atoms with Gasteiger partial charge >= 0.3 is 0 Å². The first-order valence-corrected chi connectivity index (χ1v) is 6.68. The van der Waals surface area contributed by atoms with E-state index in [1.54, 1.807) is 0 Å². The largest absolute Gasteiger partial charge is 0.298 e. The molecule has 1 heterocycles. The third-order valence-electron chi connectivity index (χ3n) is 4.30. The molecule has 0 amide bonds. The van der Waals surface area contributed by atoms with Gasteiger partial charge in [0.05, 0.1) is 0 Å². The van der Waals surface area contributed by atoms with Crippen molar-refractivity contribution in [3.63, 3.8) is 0 Å². The summed E-state index contributed by atoms with van der Waals surface area (Å²) in [6, 6.07) is 0. The lowest BCUT2D eigenvalue weighted by molar-refractivity contribution is 0.0352. The summed E-state index contributed by atoms with van der Waals surface area (Å²) in [4.78, 5) is 2.65. The molecule has 0 radical (unpaired) electrons. The van der Waals surface area contributed by atoms with Gasteiger partial charge in [-0.2, -0.15) is 0 Å². The van der Waals surface area contributed by atoms with E-state index in [9.17, 15) is 0 Å². The topological polar surface area (TPSA) is 3.24 Å². The quantitative estimate of drug-likeness (QED) is 0.680. The molecule has 1 fully saturated rings. The van der Waals surface area contributed by atoms with Crippen molar-refractivity contribution in [2.75, 3.05) is 13.1 Å². The summed E-state index contributed by atoms with van der Waals surface area (Å²) in [5.74, 6) is 0. The Morgan fingerprint density at radius 3 is 1.93 bits per heavy atom. The average molecular weight is 211 g/mol. The second-order valence-corrected chi connectivity index (χ2v) is 6.26. The highest BCUT2D eigenvalue weighted by Crippen LogP contribution is 2.40. The van der Waals surface area contributed by atoms with Crippen molar-refractivity contribution in [2.24, 2.45) is 5.41 Å².